The van der Waals surface area contributed by atoms with Crippen LogP contribution in [0.5, 0.6) is 17.2 Å². The van der Waals surface area contributed by atoms with E-state index in [9.17, 15) is 5.11 Å². The molecule has 0 amide bonds. The van der Waals surface area contributed by atoms with E-state index in [0.717, 1.165) is 68.1 Å². The molecule has 2 saturated heterocycles. The topological polar surface area (TPSA) is 60.4 Å². The highest BCUT2D eigenvalue weighted by molar-refractivity contribution is 5.51. The average Bonchev–Trinajstić information content (AvgIpc) is 2.69. The van der Waals surface area contributed by atoms with Crippen LogP contribution in [0.25, 0.3) is 0 Å². The van der Waals surface area contributed by atoms with Gasteiger partial charge in [-0.2, -0.15) is 0 Å². The molecule has 6 nitrogen and oxygen atoms in total. The van der Waals surface area contributed by atoms with Gasteiger partial charge in [0, 0.05) is 37.7 Å². The van der Waals surface area contributed by atoms with Gasteiger partial charge in [-0.15, -0.1) is 0 Å². The van der Waals surface area contributed by atoms with Crippen molar-refractivity contribution in [2.45, 2.75) is 63.9 Å². The lowest BCUT2D eigenvalue weighted by Crippen LogP contribution is -2.53. The highest BCUT2D eigenvalue weighted by Crippen LogP contribution is 2.41. The third kappa shape index (κ3) is 4.09. The van der Waals surface area contributed by atoms with E-state index in [1.165, 1.54) is 0 Å². The number of nitrogens with zero attached hydrogens (tertiary/aromatic N) is 1. The van der Waals surface area contributed by atoms with E-state index in [1.807, 2.05) is 12.1 Å². The number of fused-ring (bicyclic) bond motifs is 1. The highest BCUT2D eigenvalue weighted by Gasteiger charge is 2.43. The summed E-state index contributed by atoms with van der Waals surface area (Å²) in [7, 11) is 1.70. The molecule has 0 bridgehead atoms. The molecule has 1 N–H and O–H groups in total. The summed E-state index contributed by atoms with van der Waals surface area (Å²) in [6.07, 6.45) is 3.36. The maximum Gasteiger partial charge on any atom is 0.165 e. The molecule has 3 aliphatic rings. The Bertz CT molecular complexity index is 684. The van der Waals surface area contributed by atoms with Crippen molar-refractivity contribution in [3.05, 3.63) is 17.7 Å². The molecule has 3 aliphatic heterocycles. The number of aliphatic hydroxyl groups excluding tert-OH is 1. The second-order valence-corrected chi connectivity index (χ2v) is 8.76. The van der Waals surface area contributed by atoms with Crippen LogP contribution < -0.4 is 14.2 Å². The van der Waals surface area contributed by atoms with E-state index < -0.39 is 0 Å². The van der Waals surface area contributed by atoms with Gasteiger partial charge < -0.3 is 24.1 Å². The lowest BCUT2D eigenvalue weighted by atomic mass is 9.80. The van der Waals surface area contributed by atoms with Crippen molar-refractivity contribution in [3.8, 4) is 17.2 Å². The minimum Gasteiger partial charge on any atom is -0.496 e. The minimum absolute atomic E-state index is 0.160. The zero-order valence-corrected chi connectivity index (χ0v) is 17.3. The van der Waals surface area contributed by atoms with Crippen LogP contribution in [-0.2, 0) is 11.3 Å². The first kappa shape index (κ1) is 19.8. The Balaban J connectivity index is 1.42. The molecule has 3 heterocycles. The van der Waals surface area contributed by atoms with E-state index in [0.29, 0.717) is 19.1 Å². The molecule has 0 unspecified atom stereocenters. The quantitative estimate of drug-likeness (QED) is 0.852. The van der Waals surface area contributed by atoms with Crippen molar-refractivity contribution in [1.82, 2.24) is 4.90 Å². The number of methoxy groups -OCH3 is 1. The smallest absolute Gasteiger partial charge is 0.165 e. The number of ether oxygens (including phenoxy) is 4. The number of rotatable bonds is 4. The lowest BCUT2D eigenvalue weighted by Gasteiger charge is -2.49. The molecule has 1 aromatic rings. The van der Waals surface area contributed by atoms with E-state index in [-0.39, 0.29) is 17.8 Å². The molecule has 6 heteroatoms. The second kappa shape index (κ2) is 8.09. The van der Waals surface area contributed by atoms with Crippen LogP contribution >= 0.6 is 0 Å². The molecule has 2 atom stereocenters. The zero-order valence-electron chi connectivity index (χ0n) is 17.3. The van der Waals surface area contributed by atoms with Gasteiger partial charge in [0.25, 0.3) is 0 Å². The summed E-state index contributed by atoms with van der Waals surface area (Å²) >= 11 is 0. The second-order valence-electron chi connectivity index (χ2n) is 8.76. The normalized spacial score (nSPS) is 27.2. The molecular weight excluding hydrogens is 358 g/mol. The first-order valence-corrected chi connectivity index (χ1v) is 10.5. The van der Waals surface area contributed by atoms with Gasteiger partial charge in [-0.1, -0.05) is 13.8 Å². The Morgan fingerprint density at radius 3 is 2.50 bits per heavy atom. The van der Waals surface area contributed by atoms with Crippen LogP contribution in [-0.4, -0.2) is 61.2 Å². The van der Waals surface area contributed by atoms with Crippen LogP contribution in [0.2, 0.25) is 0 Å². The Kier molecular flexibility index (Phi) is 5.72. The number of piperidine rings is 1. The molecule has 0 radical (unpaired) electrons. The molecule has 0 saturated carbocycles. The van der Waals surface area contributed by atoms with Gasteiger partial charge in [0.05, 0.1) is 24.9 Å². The Labute approximate surface area is 167 Å². The van der Waals surface area contributed by atoms with Gasteiger partial charge in [-0.25, -0.2) is 0 Å². The third-order valence-corrected chi connectivity index (χ3v) is 6.36. The summed E-state index contributed by atoms with van der Waals surface area (Å²) in [6, 6.07) is 3.98. The lowest BCUT2D eigenvalue weighted by molar-refractivity contribution is -0.193. The summed E-state index contributed by atoms with van der Waals surface area (Å²) < 4.78 is 23.5. The van der Waals surface area contributed by atoms with Crippen molar-refractivity contribution in [2.75, 3.05) is 33.4 Å². The van der Waals surface area contributed by atoms with E-state index in [2.05, 4.69) is 18.7 Å². The fraction of sp³-hybridized carbons (Fsp3) is 0.727. The van der Waals surface area contributed by atoms with Crippen LogP contribution in [0.15, 0.2) is 12.1 Å². The van der Waals surface area contributed by atoms with Crippen LogP contribution in [0, 0.1) is 5.92 Å². The monoisotopic (exact) mass is 391 g/mol. The van der Waals surface area contributed by atoms with Crippen molar-refractivity contribution >= 4 is 0 Å². The van der Waals surface area contributed by atoms with E-state index in [4.69, 9.17) is 18.9 Å². The summed E-state index contributed by atoms with van der Waals surface area (Å²) in [5.74, 6) is 2.84. The average molecular weight is 392 g/mol. The van der Waals surface area contributed by atoms with Gasteiger partial charge in [0.1, 0.15) is 19.0 Å². The molecule has 4 rings (SSSR count). The van der Waals surface area contributed by atoms with Gasteiger partial charge in [0.2, 0.25) is 0 Å². The zero-order chi connectivity index (χ0) is 19.7. The third-order valence-electron chi connectivity index (χ3n) is 6.36. The largest absolute Gasteiger partial charge is 0.496 e. The summed E-state index contributed by atoms with van der Waals surface area (Å²) in [6.45, 7) is 8.24. The molecular formula is C22H33NO5. The van der Waals surface area contributed by atoms with Crippen molar-refractivity contribution < 1.29 is 24.1 Å². The molecule has 0 aliphatic carbocycles. The first-order chi connectivity index (χ1) is 13.5. The van der Waals surface area contributed by atoms with E-state index in [1.54, 1.807) is 7.11 Å². The molecule has 28 heavy (non-hydrogen) atoms. The molecule has 2 fully saturated rings. The predicted molar refractivity (Wildman–Crippen MR) is 106 cm³/mol. The van der Waals surface area contributed by atoms with Gasteiger partial charge in [-0.3, -0.25) is 4.90 Å². The fourth-order valence-corrected chi connectivity index (χ4v) is 4.71. The predicted octanol–water partition coefficient (Wildman–Crippen LogP) is 3.00. The van der Waals surface area contributed by atoms with Crippen molar-refractivity contribution in [2.24, 2.45) is 5.92 Å². The van der Waals surface area contributed by atoms with Gasteiger partial charge in [-0.05, 0) is 31.2 Å². The maximum absolute atomic E-state index is 10.4. The Morgan fingerprint density at radius 1 is 1.18 bits per heavy atom. The number of hydrogen-bond donors (Lipinski definition) is 1. The molecule has 156 valence electrons. The van der Waals surface area contributed by atoms with Gasteiger partial charge in [0.15, 0.2) is 11.5 Å². The number of hydrogen-bond acceptors (Lipinski definition) is 6. The number of likely N-dealkylation sites (tertiary alicyclic amines) is 1. The Morgan fingerprint density at radius 2 is 1.86 bits per heavy atom. The first-order valence-electron chi connectivity index (χ1n) is 10.5. The van der Waals surface area contributed by atoms with Crippen molar-refractivity contribution in [3.63, 3.8) is 0 Å². The fourth-order valence-electron chi connectivity index (χ4n) is 4.71. The standard InChI is InChI=1S/C22H33NO5/c1-15(2)18-11-17(24)13-22(28-18)4-6-23(7-5-22)14-16-10-20-21(12-19(16)25-3)27-9-8-26-20/h10,12,15,17-18,24H,4-9,11,13-14H2,1-3H3/t17-,18-/m1/s1. The molecule has 1 aromatic carbocycles. The number of benzene rings is 1. The van der Waals surface area contributed by atoms with Crippen LogP contribution in [0.1, 0.15) is 45.1 Å². The number of aliphatic hydroxyl groups is 1. The SMILES string of the molecule is COc1cc2c(cc1CN1CCC3(CC1)C[C@H](O)C[C@H](C(C)C)O3)OCCO2. The molecule has 0 aromatic heterocycles. The Hall–Kier alpha value is -1.50. The van der Waals surface area contributed by atoms with E-state index >= 15 is 0 Å². The maximum atomic E-state index is 10.4. The molecule has 1 spiro atoms. The summed E-state index contributed by atoms with van der Waals surface area (Å²) in [5.41, 5.74) is 0.951. The van der Waals surface area contributed by atoms with Crippen LogP contribution in [0.4, 0.5) is 0 Å². The summed E-state index contributed by atoms with van der Waals surface area (Å²) in [5, 5.41) is 10.4. The highest BCUT2D eigenvalue weighted by atomic mass is 16.6. The van der Waals surface area contributed by atoms with Crippen molar-refractivity contribution in [1.29, 1.82) is 0 Å². The summed E-state index contributed by atoms with van der Waals surface area (Å²) in [4.78, 5) is 2.44. The van der Waals surface area contributed by atoms with Crippen LogP contribution in [0.3, 0.4) is 0 Å². The van der Waals surface area contributed by atoms with Gasteiger partial charge >= 0.3 is 0 Å². The minimum atomic E-state index is -0.245.